The van der Waals surface area contributed by atoms with Crippen LogP contribution in [-0.4, -0.2) is 63.3 Å². The number of pyridine rings is 1. The third-order valence-electron chi connectivity index (χ3n) is 5.04. The normalized spacial score (nSPS) is 17.6. The van der Waals surface area contributed by atoms with Crippen LogP contribution < -0.4 is 10.2 Å². The molecule has 1 aromatic heterocycles. The Morgan fingerprint density at radius 3 is 2.93 bits per heavy atom. The molecule has 1 N–H and O–H groups in total. The summed E-state index contributed by atoms with van der Waals surface area (Å²) in [4.78, 5) is 13.6. The zero-order valence-corrected chi connectivity index (χ0v) is 16.9. The van der Waals surface area contributed by atoms with E-state index in [1.54, 1.807) is 0 Å². The fraction of sp³-hybridized carbons (Fsp3) is 0.524. The number of aromatic nitrogens is 1. The van der Waals surface area contributed by atoms with E-state index in [9.17, 15) is 0 Å². The lowest BCUT2D eigenvalue weighted by Crippen LogP contribution is -2.40. The van der Waals surface area contributed by atoms with Crippen LogP contribution in [0.1, 0.15) is 18.9 Å². The van der Waals surface area contributed by atoms with Gasteiger partial charge >= 0.3 is 0 Å². The molecule has 0 saturated carbocycles. The predicted octanol–water partition coefficient (Wildman–Crippen LogP) is 2.73. The van der Waals surface area contributed by atoms with E-state index in [1.807, 2.05) is 39.0 Å². The van der Waals surface area contributed by atoms with Gasteiger partial charge < -0.3 is 19.9 Å². The van der Waals surface area contributed by atoms with E-state index in [-0.39, 0.29) is 0 Å². The fourth-order valence-electron chi connectivity index (χ4n) is 3.56. The van der Waals surface area contributed by atoms with Gasteiger partial charge in [0.05, 0.1) is 12.1 Å². The first-order valence-electron chi connectivity index (χ1n) is 9.71. The molecule has 1 fully saturated rings. The van der Waals surface area contributed by atoms with Gasteiger partial charge in [-0.2, -0.15) is 0 Å². The van der Waals surface area contributed by atoms with Crippen LogP contribution in [0.5, 0.6) is 0 Å². The molecule has 27 heavy (non-hydrogen) atoms. The molecule has 1 saturated heterocycles. The monoisotopic (exact) mass is 369 g/mol. The van der Waals surface area contributed by atoms with Crippen molar-refractivity contribution in [1.82, 2.24) is 15.2 Å². The van der Waals surface area contributed by atoms with Gasteiger partial charge in [-0.05, 0) is 31.0 Å². The van der Waals surface area contributed by atoms with Crippen LogP contribution in [0.4, 0.5) is 5.82 Å². The van der Waals surface area contributed by atoms with Gasteiger partial charge in [0.15, 0.2) is 5.96 Å². The highest BCUT2D eigenvalue weighted by Gasteiger charge is 2.24. The number of rotatable bonds is 6. The van der Waals surface area contributed by atoms with Crippen LogP contribution in [0.2, 0.25) is 0 Å². The van der Waals surface area contributed by atoms with Crippen molar-refractivity contribution in [2.75, 3.05) is 52.3 Å². The minimum Gasteiger partial charge on any atom is -0.381 e. The fourth-order valence-corrected chi connectivity index (χ4v) is 3.56. The van der Waals surface area contributed by atoms with Crippen LogP contribution in [-0.2, 0) is 11.3 Å². The second-order valence-electron chi connectivity index (χ2n) is 7.21. The Bertz CT molecular complexity index is 789. The number of ether oxygens (including phenoxy) is 1. The summed E-state index contributed by atoms with van der Waals surface area (Å²) < 4.78 is 5.59. The third-order valence-corrected chi connectivity index (χ3v) is 5.04. The van der Waals surface area contributed by atoms with Crippen molar-refractivity contribution in [1.29, 1.82) is 0 Å². The van der Waals surface area contributed by atoms with Crippen LogP contribution in [0.25, 0.3) is 10.9 Å². The molecule has 0 radical (unpaired) electrons. The standard InChI is InChI=1S/C21H31N5O/c1-5-27-15-16-10-11-26(14-16)21(22-2)23-13-17-12-20(25(3)4)24-19-9-7-6-8-18(17)19/h6-9,12,16H,5,10-11,13-15H2,1-4H3,(H,22,23). The number of benzene rings is 1. The quantitative estimate of drug-likeness (QED) is 0.627. The molecular formula is C21H31N5O. The average molecular weight is 370 g/mol. The number of fused-ring (bicyclic) bond motifs is 1. The Kier molecular flexibility index (Phi) is 6.50. The maximum atomic E-state index is 5.59. The minimum atomic E-state index is 0.589. The van der Waals surface area contributed by atoms with Gasteiger partial charge in [0.25, 0.3) is 0 Å². The van der Waals surface area contributed by atoms with Crippen molar-refractivity contribution in [2.45, 2.75) is 19.9 Å². The molecule has 6 nitrogen and oxygen atoms in total. The topological polar surface area (TPSA) is 53.0 Å². The molecule has 0 aliphatic carbocycles. The second kappa shape index (κ2) is 9.04. The van der Waals surface area contributed by atoms with Gasteiger partial charge in [0, 0.05) is 58.7 Å². The summed E-state index contributed by atoms with van der Waals surface area (Å²) in [5.41, 5.74) is 2.25. The van der Waals surface area contributed by atoms with Gasteiger partial charge in [0.1, 0.15) is 5.82 Å². The molecule has 1 unspecified atom stereocenters. The molecule has 1 aliphatic rings. The van der Waals surface area contributed by atoms with E-state index in [4.69, 9.17) is 9.72 Å². The number of likely N-dealkylation sites (tertiary alicyclic amines) is 1. The largest absolute Gasteiger partial charge is 0.381 e. The highest BCUT2D eigenvalue weighted by atomic mass is 16.5. The lowest BCUT2D eigenvalue weighted by molar-refractivity contribution is 0.114. The maximum absolute atomic E-state index is 5.59. The second-order valence-corrected chi connectivity index (χ2v) is 7.21. The van der Waals surface area contributed by atoms with E-state index in [1.165, 1.54) is 10.9 Å². The smallest absolute Gasteiger partial charge is 0.193 e. The Morgan fingerprint density at radius 2 is 2.19 bits per heavy atom. The number of anilines is 1. The zero-order chi connectivity index (χ0) is 19.2. The molecule has 0 bridgehead atoms. The molecule has 0 spiro atoms. The highest BCUT2D eigenvalue weighted by Crippen LogP contribution is 2.22. The Hall–Kier alpha value is -2.34. The number of para-hydroxylation sites is 1. The minimum absolute atomic E-state index is 0.589. The van der Waals surface area contributed by atoms with Crippen molar-refractivity contribution in [3.8, 4) is 0 Å². The van der Waals surface area contributed by atoms with Crippen molar-refractivity contribution < 1.29 is 4.74 Å². The molecule has 2 heterocycles. The summed E-state index contributed by atoms with van der Waals surface area (Å²) in [7, 11) is 5.90. The first-order valence-corrected chi connectivity index (χ1v) is 9.71. The summed E-state index contributed by atoms with van der Waals surface area (Å²) in [6.45, 7) is 6.42. The Morgan fingerprint density at radius 1 is 1.37 bits per heavy atom. The highest BCUT2D eigenvalue weighted by molar-refractivity contribution is 5.85. The van der Waals surface area contributed by atoms with Crippen LogP contribution in [0.15, 0.2) is 35.3 Å². The summed E-state index contributed by atoms with van der Waals surface area (Å²) >= 11 is 0. The predicted molar refractivity (Wildman–Crippen MR) is 112 cm³/mol. The van der Waals surface area contributed by atoms with E-state index in [0.29, 0.717) is 5.92 Å². The lowest BCUT2D eigenvalue weighted by atomic mass is 10.1. The molecule has 1 aromatic carbocycles. The van der Waals surface area contributed by atoms with Crippen LogP contribution >= 0.6 is 0 Å². The van der Waals surface area contributed by atoms with E-state index >= 15 is 0 Å². The van der Waals surface area contributed by atoms with Crippen molar-refractivity contribution >= 4 is 22.7 Å². The molecule has 146 valence electrons. The van der Waals surface area contributed by atoms with Crippen molar-refractivity contribution in [3.05, 3.63) is 35.9 Å². The van der Waals surface area contributed by atoms with Crippen LogP contribution in [0, 0.1) is 5.92 Å². The molecule has 1 aliphatic heterocycles. The summed E-state index contributed by atoms with van der Waals surface area (Å²) in [5.74, 6) is 2.52. The number of hydrogen-bond donors (Lipinski definition) is 1. The van der Waals surface area contributed by atoms with Crippen molar-refractivity contribution in [2.24, 2.45) is 10.9 Å². The summed E-state index contributed by atoms with van der Waals surface area (Å²) in [5, 5.41) is 4.73. The number of nitrogens with one attached hydrogen (secondary N) is 1. The van der Waals surface area contributed by atoms with Gasteiger partial charge in [-0.15, -0.1) is 0 Å². The van der Waals surface area contributed by atoms with Gasteiger partial charge in [-0.25, -0.2) is 4.98 Å². The summed E-state index contributed by atoms with van der Waals surface area (Å²) in [6.07, 6.45) is 1.16. The number of nitrogens with zero attached hydrogens (tertiary/aromatic N) is 4. The molecule has 2 aromatic rings. The Labute approximate surface area is 162 Å². The van der Waals surface area contributed by atoms with Gasteiger partial charge in [-0.1, -0.05) is 18.2 Å². The third kappa shape index (κ3) is 4.69. The maximum Gasteiger partial charge on any atom is 0.193 e. The molecular weight excluding hydrogens is 338 g/mol. The van der Waals surface area contributed by atoms with E-state index in [2.05, 4.69) is 39.5 Å². The first-order chi connectivity index (χ1) is 13.1. The van der Waals surface area contributed by atoms with E-state index < -0.39 is 0 Å². The average Bonchev–Trinajstić information content (AvgIpc) is 3.15. The molecule has 3 rings (SSSR count). The number of hydrogen-bond acceptors (Lipinski definition) is 4. The Balaban J connectivity index is 1.72. The molecule has 0 amide bonds. The van der Waals surface area contributed by atoms with Crippen LogP contribution in [0.3, 0.4) is 0 Å². The molecule has 1 atom stereocenters. The number of aliphatic imine (C=N–C) groups is 1. The van der Waals surface area contributed by atoms with E-state index in [0.717, 1.165) is 56.6 Å². The lowest BCUT2D eigenvalue weighted by Gasteiger charge is -2.22. The first kappa shape index (κ1) is 19.4. The molecule has 6 heteroatoms. The SMILES string of the molecule is CCOCC1CCN(C(=NC)NCc2cc(N(C)C)nc3ccccc23)C1. The number of guanidine groups is 1. The summed E-state index contributed by atoms with van der Waals surface area (Å²) in [6, 6.07) is 10.5. The van der Waals surface area contributed by atoms with Gasteiger partial charge in [-0.3, -0.25) is 4.99 Å². The van der Waals surface area contributed by atoms with Crippen molar-refractivity contribution in [3.63, 3.8) is 0 Å². The van der Waals surface area contributed by atoms with Gasteiger partial charge in [0.2, 0.25) is 0 Å². The zero-order valence-electron chi connectivity index (χ0n) is 16.9.